The topological polar surface area (TPSA) is 3.88 Å². The molecule has 0 atom stereocenters. The van der Waals surface area contributed by atoms with Gasteiger partial charge in [-0.05, 0) is 31.2 Å². The van der Waals surface area contributed by atoms with Crippen molar-refractivity contribution < 1.29 is 4.57 Å². The van der Waals surface area contributed by atoms with Gasteiger partial charge in [-0.25, -0.2) is 0 Å². The first kappa shape index (κ1) is 28.6. The Morgan fingerprint density at radius 3 is 1.41 bits per heavy atom. The number of hydrogen-bond acceptors (Lipinski definition) is 0. The summed E-state index contributed by atoms with van der Waals surface area (Å²) < 4.78 is 2.32. The predicted molar refractivity (Wildman–Crippen MR) is 150 cm³/mol. The zero-order valence-corrected chi connectivity index (χ0v) is 22.7. The van der Waals surface area contributed by atoms with Gasteiger partial charge in [0.25, 0.3) is 0 Å². The van der Waals surface area contributed by atoms with E-state index in [0.717, 1.165) is 0 Å². The van der Waals surface area contributed by atoms with Gasteiger partial charge in [-0.1, -0.05) is 135 Å². The smallest absolute Gasteiger partial charge is 0.167 e. The summed E-state index contributed by atoms with van der Waals surface area (Å²) in [7, 11) is 0. The molecule has 1 heteroatoms. The molecule has 1 aromatic heterocycles. The maximum absolute atomic E-state index is 2.42. The van der Waals surface area contributed by atoms with E-state index in [1.807, 2.05) is 0 Å². The number of nitrogens with zero attached hydrogens (tertiary/aromatic N) is 1. The van der Waals surface area contributed by atoms with Crippen molar-refractivity contribution in [2.45, 2.75) is 142 Å². The van der Waals surface area contributed by atoms with Crippen molar-refractivity contribution in [3.8, 4) is 5.69 Å². The third kappa shape index (κ3) is 12.7. The lowest BCUT2D eigenvalue weighted by Crippen LogP contribution is -2.30. The molecule has 190 valence electrons. The lowest BCUT2D eigenvalue weighted by molar-refractivity contribution is -0.596. The fraction of sp³-hybridized carbons (Fsp3) is 0.667. The number of pyridine rings is 1. The Morgan fingerprint density at radius 2 is 0.912 bits per heavy atom. The Morgan fingerprint density at radius 1 is 0.471 bits per heavy atom. The fourth-order valence-electron chi connectivity index (χ4n) is 5.05. The molecule has 0 aliphatic rings. The SMILES string of the molecule is CCCCCCCCCCCc1cc[n+](-c2ccccc2)cc1CCCCCCCCCCC. The van der Waals surface area contributed by atoms with Crippen LogP contribution in [0.3, 0.4) is 0 Å². The minimum absolute atomic E-state index is 1.23. The quantitative estimate of drug-likeness (QED) is 0.128. The molecule has 0 saturated heterocycles. The van der Waals surface area contributed by atoms with Crippen LogP contribution in [-0.4, -0.2) is 0 Å². The number of aromatic nitrogens is 1. The van der Waals surface area contributed by atoms with Gasteiger partial charge in [-0.3, -0.25) is 0 Å². The average molecular weight is 465 g/mol. The fourth-order valence-corrected chi connectivity index (χ4v) is 5.05. The van der Waals surface area contributed by atoms with Crippen molar-refractivity contribution in [3.63, 3.8) is 0 Å². The van der Waals surface area contributed by atoms with E-state index >= 15 is 0 Å². The van der Waals surface area contributed by atoms with Gasteiger partial charge in [0.2, 0.25) is 5.69 Å². The molecular weight excluding hydrogens is 410 g/mol. The Hall–Kier alpha value is -1.63. The van der Waals surface area contributed by atoms with Crippen molar-refractivity contribution in [3.05, 3.63) is 59.9 Å². The molecule has 0 unspecified atom stereocenters. The molecule has 2 aromatic rings. The van der Waals surface area contributed by atoms with Crippen LogP contribution in [0, 0.1) is 0 Å². The van der Waals surface area contributed by atoms with Crippen LogP contribution in [0.2, 0.25) is 0 Å². The maximum atomic E-state index is 2.42. The molecule has 0 spiro atoms. The first-order chi connectivity index (χ1) is 16.8. The third-order valence-electron chi connectivity index (χ3n) is 7.30. The summed E-state index contributed by atoms with van der Waals surface area (Å²) in [4.78, 5) is 0. The zero-order valence-electron chi connectivity index (χ0n) is 22.7. The molecule has 0 radical (unpaired) electrons. The van der Waals surface area contributed by atoms with Crippen LogP contribution >= 0.6 is 0 Å². The van der Waals surface area contributed by atoms with Gasteiger partial charge in [0.1, 0.15) is 0 Å². The van der Waals surface area contributed by atoms with Crippen LogP contribution < -0.4 is 4.57 Å². The number of aryl methyl sites for hydroxylation is 2. The summed E-state index contributed by atoms with van der Waals surface area (Å²) >= 11 is 0. The first-order valence-corrected chi connectivity index (χ1v) is 14.9. The second-order valence-corrected chi connectivity index (χ2v) is 10.4. The molecular formula is C33H54N+. The van der Waals surface area contributed by atoms with Gasteiger partial charge in [-0.15, -0.1) is 0 Å². The second-order valence-electron chi connectivity index (χ2n) is 10.4. The van der Waals surface area contributed by atoms with Crippen molar-refractivity contribution in [2.24, 2.45) is 0 Å². The normalized spacial score (nSPS) is 11.2. The summed E-state index contributed by atoms with van der Waals surface area (Å²) in [5.41, 5.74) is 4.44. The first-order valence-electron chi connectivity index (χ1n) is 14.9. The van der Waals surface area contributed by atoms with E-state index in [4.69, 9.17) is 0 Å². The minimum Gasteiger partial charge on any atom is -0.167 e. The molecule has 0 fully saturated rings. The van der Waals surface area contributed by atoms with Gasteiger partial charge < -0.3 is 0 Å². The highest BCUT2D eigenvalue weighted by Crippen LogP contribution is 2.18. The van der Waals surface area contributed by atoms with Crippen molar-refractivity contribution >= 4 is 0 Å². The van der Waals surface area contributed by atoms with Crippen LogP contribution in [0.4, 0.5) is 0 Å². The molecule has 0 aliphatic carbocycles. The molecule has 1 nitrogen and oxygen atoms in total. The zero-order chi connectivity index (χ0) is 24.1. The summed E-state index contributed by atoms with van der Waals surface area (Å²) in [6.07, 6.45) is 32.4. The van der Waals surface area contributed by atoms with Crippen LogP contribution in [-0.2, 0) is 12.8 Å². The third-order valence-corrected chi connectivity index (χ3v) is 7.30. The molecule has 0 aliphatic heterocycles. The number of benzene rings is 1. The maximum Gasteiger partial charge on any atom is 0.210 e. The van der Waals surface area contributed by atoms with Gasteiger partial charge in [-0.2, -0.15) is 4.57 Å². The van der Waals surface area contributed by atoms with Gasteiger partial charge >= 0.3 is 0 Å². The summed E-state index contributed by atoms with van der Waals surface area (Å²) in [5.74, 6) is 0. The molecule has 0 N–H and O–H groups in total. The van der Waals surface area contributed by atoms with Crippen LogP contribution in [0.5, 0.6) is 0 Å². The number of hydrogen-bond donors (Lipinski definition) is 0. The van der Waals surface area contributed by atoms with Crippen molar-refractivity contribution in [1.82, 2.24) is 0 Å². The Labute approximate surface area is 212 Å². The molecule has 1 heterocycles. The molecule has 0 saturated carbocycles. The largest absolute Gasteiger partial charge is 0.210 e. The van der Waals surface area contributed by atoms with E-state index in [1.165, 1.54) is 134 Å². The summed E-state index contributed by atoms with van der Waals surface area (Å²) in [6.45, 7) is 4.60. The monoisotopic (exact) mass is 464 g/mol. The molecule has 34 heavy (non-hydrogen) atoms. The Kier molecular flexibility index (Phi) is 16.5. The van der Waals surface area contributed by atoms with E-state index in [2.05, 4.69) is 67.2 Å². The van der Waals surface area contributed by atoms with Gasteiger partial charge in [0.05, 0.1) is 0 Å². The standard InChI is InChI=1S/C33H54N/c1-3-5-7-9-11-13-15-17-20-24-31-28-29-34(33-26-22-19-23-27-33)30-32(31)25-21-18-16-14-12-10-8-6-4-2/h19,22-23,26-30H,3-18,20-21,24-25H2,1-2H3/q+1. The molecule has 0 amide bonds. The number of para-hydroxylation sites is 1. The predicted octanol–water partition coefficient (Wildman–Crippen LogP) is 10.1. The summed E-state index contributed by atoms with van der Waals surface area (Å²) in [5, 5.41) is 0. The summed E-state index contributed by atoms with van der Waals surface area (Å²) in [6, 6.07) is 13.2. The molecule has 1 aromatic carbocycles. The highest BCUT2D eigenvalue weighted by atomic mass is 14.9. The molecule has 2 rings (SSSR count). The van der Waals surface area contributed by atoms with Gasteiger partial charge in [0, 0.05) is 23.8 Å². The lowest BCUT2D eigenvalue weighted by atomic mass is 9.97. The van der Waals surface area contributed by atoms with E-state index in [-0.39, 0.29) is 0 Å². The number of unbranched alkanes of at least 4 members (excludes halogenated alkanes) is 16. The minimum atomic E-state index is 1.23. The highest BCUT2D eigenvalue weighted by molar-refractivity contribution is 5.25. The number of rotatable bonds is 21. The van der Waals surface area contributed by atoms with Gasteiger partial charge in [0.15, 0.2) is 12.4 Å². The molecule has 0 bridgehead atoms. The van der Waals surface area contributed by atoms with Crippen molar-refractivity contribution in [2.75, 3.05) is 0 Å². The van der Waals surface area contributed by atoms with Crippen LogP contribution in [0.15, 0.2) is 48.8 Å². The highest BCUT2D eigenvalue weighted by Gasteiger charge is 2.11. The van der Waals surface area contributed by atoms with E-state index in [9.17, 15) is 0 Å². The van der Waals surface area contributed by atoms with Crippen LogP contribution in [0.25, 0.3) is 5.69 Å². The van der Waals surface area contributed by atoms with E-state index in [1.54, 1.807) is 11.1 Å². The van der Waals surface area contributed by atoms with E-state index in [0.29, 0.717) is 0 Å². The Bertz CT molecular complexity index is 721. The van der Waals surface area contributed by atoms with Crippen molar-refractivity contribution in [1.29, 1.82) is 0 Å². The van der Waals surface area contributed by atoms with Crippen LogP contribution in [0.1, 0.15) is 141 Å². The van der Waals surface area contributed by atoms with E-state index < -0.39 is 0 Å². The lowest BCUT2D eigenvalue weighted by Gasteiger charge is -2.09. The Balaban J connectivity index is 1.78. The average Bonchev–Trinajstić information content (AvgIpc) is 2.87. The second kappa shape index (κ2) is 19.7.